The van der Waals surface area contributed by atoms with Crippen LogP contribution in [0.15, 0.2) is 42.5 Å². The van der Waals surface area contributed by atoms with Gasteiger partial charge in [-0.25, -0.2) is 4.98 Å². The molecule has 3 aromatic rings. The monoisotopic (exact) mass is 412 g/mol. The zero-order valence-corrected chi connectivity index (χ0v) is 16.7. The molecule has 7 nitrogen and oxygen atoms in total. The van der Waals surface area contributed by atoms with E-state index >= 15 is 0 Å². The maximum absolute atomic E-state index is 12.3. The minimum Gasteiger partial charge on any atom is -0.486 e. The highest BCUT2D eigenvalue weighted by molar-refractivity contribution is 7.18. The number of rotatable bonds is 6. The van der Waals surface area contributed by atoms with E-state index in [9.17, 15) is 9.59 Å². The largest absolute Gasteiger partial charge is 0.486 e. The van der Waals surface area contributed by atoms with Gasteiger partial charge < -0.3 is 19.5 Å². The van der Waals surface area contributed by atoms with E-state index in [0.29, 0.717) is 36.8 Å². The second-order valence-electron chi connectivity index (χ2n) is 6.56. The van der Waals surface area contributed by atoms with E-state index in [0.717, 1.165) is 15.2 Å². The number of aromatic nitrogens is 1. The predicted molar refractivity (Wildman–Crippen MR) is 110 cm³/mol. The van der Waals surface area contributed by atoms with Crippen LogP contribution in [-0.4, -0.2) is 36.2 Å². The first kappa shape index (κ1) is 19.2. The molecule has 1 aromatic heterocycles. The number of thiazole rings is 1. The Kier molecular flexibility index (Phi) is 5.62. The summed E-state index contributed by atoms with van der Waals surface area (Å²) in [5.74, 6) is 0.377. The molecule has 29 heavy (non-hydrogen) atoms. The molecule has 0 radical (unpaired) electrons. The van der Waals surface area contributed by atoms with Crippen LogP contribution in [0.2, 0.25) is 0 Å². The van der Waals surface area contributed by atoms with E-state index < -0.39 is 18.0 Å². The van der Waals surface area contributed by atoms with Crippen LogP contribution < -0.4 is 14.8 Å². The number of hydrogen-bond donors (Lipinski definition) is 1. The van der Waals surface area contributed by atoms with Crippen LogP contribution in [0, 0.1) is 0 Å². The van der Waals surface area contributed by atoms with Crippen molar-refractivity contribution < 1.29 is 23.8 Å². The summed E-state index contributed by atoms with van der Waals surface area (Å²) in [4.78, 5) is 29.0. The Labute approximate surface area is 171 Å². The fraction of sp³-hybridized carbons (Fsp3) is 0.286. The van der Waals surface area contributed by atoms with Crippen molar-refractivity contribution in [3.8, 4) is 11.5 Å². The summed E-state index contributed by atoms with van der Waals surface area (Å²) >= 11 is 1.56. The normalized spacial score (nSPS) is 13.7. The highest BCUT2D eigenvalue weighted by Gasteiger charge is 2.19. The average molecular weight is 412 g/mol. The van der Waals surface area contributed by atoms with Gasteiger partial charge in [0, 0.05) is 18.2 Å². The van der Waals surface area contributed by atoms with Gasteiger partial charge in [-0.2, -0.15) is 0 Å². The van der Waals surface area contributed by atoms with Crippen LogP contribution in [0.25, 0.3) is 10.2 Å². The molecule has 0 aliphatic carbocycles. The Bertz CT molecular complexity index is 1020. The molecule has 0 bridgehead atoms. The fourth-order valence-corrected chi connectivity index (χ4v) is 3.88. The van der Waals surface area contributed by atoms with Crippen molar-refractivity contribution in [1.29, 1.82) is 0 Å². The maximum atomic E-state index is 12.3. The van der Waals surface area contributed by atoms with Crippen LogP contribution in [0.3, 0.4) is 0 Å². The minimum atomic E-state index is -0.911. The van der Waals surface area contributed by atoms with Gasteiger partial charge in [0.1, 0.15) is 13.2 Å². The molecule has 2 aromatic carbocycles. The van der Waals surface area contributed by atoms with Gasteiger partial charge in [0.25, 0.3) is 5.91 Å². The fourth-order valence-electron chi connectivity index (χ4n) is 2.91. The summed E-state index contributed by atoms with van der Waals surface area (Å²) in [6, 6.07) is 13.0. The summed E-state index contributed by atoms with van der Waals surface area (Å²) in [6.07, 6.45) is -0.262. The lowest BCUT2D eigenvalue weighted by atomic mass is 10.2. The van der Waals surface area contributed by atoms with Crippen molar-refractivity contribution in [2.45, 2.75) is 25.9 Å². The Morgan fingerprint density at radius 3 is 2.79 bits per heavy atom. The summed E-state index contributed by atoms with van der Waals surface area (Å²) in [5.41, 5.74) is 1.48. The first-order valence-corrected chi connectivity index (χ1v) is 10.1. The molecular formula is C21H20N2O5S. The lowest BCUT2D eigenvalue weighted by molar-refractivity contribution is -0.153. The number of para-hydroxylation sites is 1. The molecule has 1 amide bonds. The Hall–Kier alpha value is -3.13. The molecule has 1 N–H and O–H groups in total. The van der Waals surface area contributed by atoms with Crippen molar-refractivity contribution in [2.75, 3.05) is 18.5 Å². The zero-order chi connectivity index (χ0) is 20.2. The number of carbonyl (C=O) groups excluding carboxylic acids is 2. The van der Waals surface area contributed by atoms with Crippen LogP contribution in [0.4, 0.5) is 5.69 Å². The molecule has 0 saturated carbocycles. The number of nitrogens with one attached hydrogen (secondary N) is 1. The van der Waals surface area contributed by atoms with E-state index in [1.165, 1.54) is 0 Å². The van der Waals surface area contributed by atoms with Gasteiger partial charge >= 0.3 is 5.97 Å². The highest BCUT2D eigenvalue weighted by Crippen LogP contribution is 2.32. The molecule has 1 aliphatic rings. The van der Waals surface area contributed by atoms with Crippen molar-refractivity contribution in [3.05, 3.63) is 47.5 Å². The van der Waals surface area contributed by atoms with Gasteiger partial charge in [-0.1, -0.05) is 12.1 Å². The molecule has 0 spiro atoms. The predicted octanol–water partition coefficient (Wildman–Crippen LogP) is 3.57. The number of esters is 1. The van der Waals surface area contributed by atoms with Gasteiger partial charge in [-0.15, -0.1) is 11.3 Å². The topological polar surface area (TPSA) is 86.8 Å². The number of nitrogens with zero attached hydrogens (tertiary/aromatic N) is 1. The molecule has 2 heterocycles. The number of benzene rings is 2. The number of anilines is 1. The smallest absolute Gasteiger partial charge is 0.306 e. The lowest BCUT2D eigenvalue weighted by Gasteiger charge is -2.19. The van der Waals surface area contributed by atoms with E-state index in [1.54, 1.807) is 36.5 Å². The standard InChI is InChI=1S/C21H20N2O5S/c1-13(21(25)22-14-6-7-16-17(12-14)27-11-10-26-16)28-20(24)9-8-19-23-15-4-2-3-5-18(15)29-19/h2-7,12-13H,8-11H2,1H3,(H,22,25)/t13-/m0/s1. The summed E-state index contributed by atoms with van der Waals surface area (Å²) in [5, 5.41) is 3.60. The molecule has 1 atom stereocenters. The molecule has 4 rings (SSSR count). The maximum Gasteiger partial charge on any atom is 0.306 e. The molecule has 150 valence electrons. The molecular weight excluding hydrogens is 392 g/mol. The van der Waals surface area contributed by atoms with Crippen molar-refractivity contribution >= 4 is 39.1 Å². The number of carbonyl (C=O) groups is 2. The van der Waals surface area contributed by atoms with Gasteiger partial charge in [0.05, 0.1) is 21.6 Å². The van der Waals surface area contributed by atoms with Crippen LogP contribution in [0.1, 0.15) is 18.4 Å². The second kappa shape index (κ2) is 8.48. The van der Waals surface area contributed by atoms with Crippen LogP contribution >= 0.6 is 11.3 Å². The van der Waals surface area contributed by atoms with Crippen molar-refractivity contribution in [2.24, 2.45) is 0 Å². The number of aryl methyl sites for hydroxylation is 1. The first-order valence-electron chi connectivity index (χ1n) is 9.33. The van der Waals surface area contributed by atoms with E-state index in [2.05, 4.69) is 10.3 Å². The van der Waals surface area contributed by atoms with Crippen molar-refractivity contribution in [3.63, 3.8) is 0 Å². The summed E-state index contributed by atoms with van der Waals surface area (Å²) < 4.78 is 17.3. The molecule has 8 heteroatoms. The molecule has 0 unspecified atom stereocenters. The number of fused-ring (bicyclic) bond motifs is 2. The van der Waals surface area contributed by atoms with E-state index in [1.807, 2.05) is 24.3 Å². The van der Waals surface area contributed by atoms with Crippen LogP contribution in [0.5, 0.6) is 11.5 Å². The van der Waals surface area contributed by atoms with E-state index in [-0.39, 0.29) is 6.42 Å². The zero-order valence-electron chi connectivity index (χ0n) is 15.8. The number of hydrogen-bond acceptors (Lipinski definition) is 7. The van der Waals surface area contributed by atoms with Crippen LogP contribution in [-0.2, 0) is 20.7 Å². The van der Waals surface area contributed by atoms with Gasteiger partial charge in [-0.05, 0) is 31.2 Å². The quantitative estimate of drug-likeness (QED) is 0.623. The summed E-state index contributed by atoms with van der Waals surface area (Å²) in [6.45, 7) is 2.51. The third-order valence-corrected chi connectivity index (χ3v) is 5.46. The molecule has 0 fully saturated rings. The SMILES string of the molecule is C[C@H](OC(=O)CCc1nc2ccccc2s1)C(=O)Nc1ccc2c(c1)OCCO2. The number of amides is 1. The van der Waals surface area contributed by atoms with Crippen molar-refractivity contribution in [1.82, 2.24) is 4.98 Å². The summed E-state index contributed by atoms with van der Waals surface area (Å²) in [7, 11) is 0. The Balaban J connectivity index is 1.28. The van der Waals surface area contributed by atoms with Gasteiger partial charge in [-0.3, -0.25) is 9.59 Å². The first-order chi connectivity index (χ1) is 14.1. The van der Waals surface area contributed by atoms with E-state index in [4.69, 9.17) is 14.2 Å². The lowest BCUT2D eigenvalue weighted by Crippen LogP contribution is -2.30. The highest BCUT2D eigenvalue weighted by atomic mass is 32.1. The number of ether oxygens (including phenoxy) is 3. The third kappa shape index (κ3) is 4.65. The minimum absolute atomic E-state index is 0.168. The Morgan fingerprint density at radius 1 is 1.17 bits per heavy atom. The molecule has 1 aliphatic heterocycles. The Morgan fingerprint density at radius 2 is 1.97 bits per heavy atom. The van der Waals surface area contributed by atoms with Gasteiger partial charge in [0.15, 0.2) is 17.6 Å². The average Bonchev–Trinajstić information content (AvgIpc) is 3.15. The second-order valence-corrected chi connectivity index (χ2v) is 7.67. The van der Waals surface area contributed by atoms with Gasteiger partial charge in [0.2, 0.25) is 0 Å². The molecule has 0 saturated heterocycles. The third-order valence-electron chi connectivity index (χ3n) is 4.37.